The third-order valence-electron chi connectivity index (χ3n) is 4.70. The highest BCUT2D eigenvalue weighted by atomic mass is 16.1. The van der Waals surface area contributed by atoms with Gasteiger partial charge in [-0.05, 0) is 35.5 Å². The molecule has 0 saturated carbocycles. The first-order valence-corrected chi connectivity index (χ1v) is 9.17. The van der Waals surface area contributed by atoms with E-state index in [2.05, 4.69) is 61.0 Å². The van der Waals surface area contributed by atoms with Crippen molar-refractivity contribution in [3.8, 4) is 0 Å². The number of hydrogen-bond acceptors (Lipinski definition) is 3. The molecular weight excluding hydrogens is 310 g/mol. The summed E-state index contributed by atoms with van der Waals surface area (Å²) in [5.41, 5.74) is 4.02. The molecule has 4 heteroatoms. The largest absolute Gasteiger partial charge is 0.348 e. The first-order chi connectivity index (χ1) is 12.1. The van der Waals surface area contributed by atoms with Crippen LogP contribution >= 0.6 is 0 Å². The van der Waals surface area contributed by atoms with Gasteiger partial charge in [-0.3, -0.25) is 4.79 Å². The van der Waals surface area contributed by atoms with Gasteiger partial charge >= 0.3 is 0 Å². The molecule has 0 fully saturated rings. The fraction of sp³-hybridized carbons (Fsp3) is 0.429. The molecule has 0 saturated heterocycles. The van der Waals surface area contributed by atoms with Gasteiger partial charge in [-0.15, -0.1) is 0 Å². The van der Waals surface area contributed by atoms with Gasteiger partial charge in [0.25, 0.3) is 5.56 Å². The molecule has 0 N–H and O–H groups in total. The summed E-state index contributed by atoms with van der Waals surface area (Å²) in [4.78, 5) is 19.1. The summed E-state index contributed by atoms with van der Waals surface area (Å²) in [5.74, 6) is 1.01. The Labute approximate surface area is 149 Å². The molecule has 0 amide bonds. The third kappa shape index (κ3) is 4.01. The predicted molar refractivity (Wildman–Crippen MR) is 104 cm³/mol. The lowest BCUT2D eigenvalue weighted by molar-refractivity contribution is 0.508. The molecule has 0 aliphatic carbocycles. The standard InChI is InChI=1S/C21H27N3O/c1-4-17-5-7-18(8-6-17)19-9-12-23(13-10-19)20-21(25)24(14-11-22-20)15-16(2)3/h5-9,11,14,16H,4,10,12-13,15H2,1-3H3. The quantitative estimate of drug-likeness (QED) is 0.834. The number of anilines is 1. The number of aromatic nitrogens is 2. The Morgan fingerprint density at radius 3 is 2.56 bits per heavy atom. The zero-order chi connectivity index (χ0) is 17.8. The topological polar surface area (TPSA) is 38.1 Å². The van der Waals surface area contributed by atoms with Crippen molar-refractivity contribution < 1.29 is 0 Å². The molecule has 2 aromatic rings. The van der Waals surface area contributed by atoms with Gasteiger partial charge in [0.05, 0.1) is 0 Å². The highest BCUT2D eigenvalue weighted by Gasteiger charge is 2.18. The van der Waals surface area contributed by atoms with Crippen LogP contribution in [0.5, 0.6) is 0 Å². The van der Waals surface area contributed by atoms with E-state index < -0.39 is 0 Å². The first kappa shape index (κ1) is 17.5. The van der Waals surface area contributed by atoms with Crippen molar-refractivity contribution in [1.29, 1.82) is 0 Å². The van der Waals surface area contributed by atoms with Gasteiger partial charge in [0.2, 0.25) is 0 Å². The Morgan fingerprint density at radius 1 is 1.20 bits per heavy atom. The predicted octanol–water partition coefficient (Wildman–Crippen LogP) is 3.76. The van der Waals surface area contributed by atoms with Crippen LogP contribution in [0.15, 0.2) is 47.5 Å². The van der Waals surface area contributed by atoms with E-state index in [1.54, 1.807) is 17.0 Å². The van der Waals surface area contributed by atoms with Gasteiger partial charge in [-0.25, -0.2) is 4.98 Å². The van der Waals surface area contributed by atoms with Gasteiger partial charge in [-0.2, -0.15) is 0 Å². The monoisotopic (exact) mass is 337 g/mol. The zero-order valence-corrected chi connectivity index (χ0v) is 15.4. The number of rotatable bonds is 5. The van der Waals surface area contributed by atoms with Crippen LogP contribution in [0.3, 0.4) is 0 Å². The van der Waals surface area contributed by atoms with E-state index in [0.29, 0.717) is 11.7 Å². The fourth-order valence-corrected chi connectivity index (χ4v) is 3.27. The van der Waals surface area contributed by atoms with E-state index in [0.717, 1.165) is 32.5 Å². The molecule has 3 rings (SSSR count). The average Bonchev–Trinajstić information content (AvgIpc) is 2.63. The Kier molecular flexibility index (Phi) is 5.37. The third-order valence-corrected chi connectivity index (χ3v) is 4.70. The lowest BCUT2D eigenvalue weighted by Crippen LogP contribution is -2.36. The van der Waals surface area contributed by atoms with E-state index in [1.165, 1.54) is 16.7 Å². The summed E-state index contributed by atoms with van der Waals surface area (Å²) in [7, 11) is 0. The van der Waals surface area contributed by atoms with Crippen molar-refractivity contribution in [3.63, 3.8) is 0 Å². The van der Waals surface area contributed by atoms with E-state index in [4.69, 9.17) is 0 Å². The summed E-state index contributed by atoms with van der Waals surface area (Å²) in [5, 5.41) is 0. The molecule has 1 aromatic heterocycles. The van der Waals surface area contributed by atoms with Crippen molar-refractivity contribution >= 4 is 11.4 Å². The maximum absolute atomic E-state index is 12.7. The van der Waals surface area contributed by atoms with Crippen LogP contribution in [-0.2, 0) is 13.0 Å². The van der Waals surface area contributed by atoms with Crippen molar-refractivity contribution in [2.75, 3.05) is 18.0 Å². The Morgan fingerprint density at radius 2 is 1.96 bits per heavy atom. The molecule has 0 bridgehead atoms. The number of nitrogens with zero attached hydrogens (tertiary/aromatic N) is 3. The number of benzene rings is 1. The van der Waals surface area contributed by atoms with Crippen LogP contribution in [0.1, 0.15) is 38.3 Å². The summed E-state index contributed by atoms with van der Waals surface area (Å²) >= 11 is 0. The second-order valence-electron chi connectivity index (χ2n) is 7.08. The molecule has 4 nitrogen and oxygen atoms in total. The van der Waals surface area contributed by atoms with Crippen LogP contribution in [-0.4, -0.2) is 22.6 Å². The molecule has 25 heavy (non-hydrogen) atoms. The summed E-state index contributed by atoms with van der Waals surface area (Å²) in [6, 6.07) is 8.81. The normalized spacial score (nSPS) is 14.7. The van der Waals surface area contributed by atoms with Gasteiger partial charge < -0.3 is 9.47 Å². The summed E-state index contributed by atoms with van der Waals surface area (Å²) in [6.07, 6.45) is 7.75. The maximum Gasteiger partial charge on any atom is 0.293 e. The first-order valence-electron chi connectivity index (χ1n) is 9.17. The van der Waals surface area contributed by atoms with Crippen molar-refractivity contribution in [2.24, 2.45) is 5.92 Å². The van der Waals surface area contributed by atoms with Crippen LogP contribution in [0.25, 0.3) is 5.57 Å². The highest BCUT2D eigenvalue weighted by molar-refractivity contribution is 5.68. The summed E-state index contributed by atoms with van der Waals surface area (Å²) in [6.45, 7) is 8.70. The van der Waals surface area contributed by atoms with Crippen molar-refractivity contribution in [1.82, 2.24) is 9.55 Å². The Hall–Kier alpha value is -2.36. The van der Waals surface area contributed by atoms with E-state index >= 15 is 0 Å². The van der Waals surface area contributed by atoms with E-state index in [1.807, 2.05) is 0 Å². The second kappa shape index (κ2) is 7.68. The molecule has 1 aromatic carbocycles. The molecular formula is C21H27N3O. The van der Waals surface area contributed by atoms with Gasteiger partial charge in [0.15, 0.2) is 5.82 Å². The molecule has 0 radical (unpaired) electrons. The SMILES string of the molecule is CCc1ccc(C2=CCN(c3nccn(CC(C)C)c3=O)CC2)cc1. The minimum absolute atomic E-state index is 0.0142. The van der Waals surface area contributed by atoms with Crippen LogP contribution in [0.4, 0.5) is 5.82 Å². The fourth-order valence-electron chi connectivity index (χ4n) is 3.27. The Balaban J connectivity index is 1.77. The smallest absolute Gasteiger partial charge is 0.293 e. The van der Waals surface area contributed by atoms with Crippen LogP contribution in [0, 0.1) is 5.92 Å². The molecule has 1 aliphatic rings. The Bertz CT molecular complexity index is 803. The summed E-state index contributed by atoms with van der Waals surface area (Å²) < 4.78 is 1.77. The maximum atomic E-state index is 12.7. The molecule has 132 valence electrons. The molecule has 0 spiro atoms. The van der Waals surface area contributed by atoms with Crippen LogP contribution in [0.2, 0.25) is 0 Å². The average molecular weight is 337 g/mol. The van der Waals surface area contributed by atoms with Gasteiger partial charge in [-0.1, -0.05) is 51.1 Å². The van der Waals surface area contributed by atoms with Crippen LogP contribution < -0.4 is 10.5 Å². The van der Waals surface area contributed by atoms with E-state index in [-0.39, 0.29) is 5.56 Å². The molecule has 0 atom stereocenters. The highest BCUT2D eigenvalue weighted by Crippen LogP contribution is 2.24. The van der Waals surface area contributed by atoms with Crippen molar-refractivity contribution in [2.45, 2.75) is 40.2 Å². The molecule has 0 unspecified atom stereocenters. The zero-order valence-electron chi connectivity index (χ0n) is 15.4. The minimum Gasteiger partial charge on any atom is -0.348 e. The van der Waals surface area contributed by atoms with Crippen molar-refractivity contribution in [3.05, 3.63) is 64.2 Å². The number of aryl methyl sites for hydroxylation is 1. The number of hydrogen-bond donors (Lipinski definition) is 0. The minimum atomic E-state index is 0.0142. The van der Waals surface area contributed by atoms with Gasteiger partial charge in [0, 0.05) is 32.0 Å². The lowest BCUT2D eigenvalue weighted by Gasteiger charge is -2.27. The second-order valence-corrected chi connectivity index (χ2v) is 7.08. The lowest BCUT2D eigenvalue weighted by atomic mass is 9.98. The van der Waals surface area contributed by atoms with E-state index in [9.17, 15) is 4.79 Å². The molecule has 2 heterocycles. The van der Waals surface area contributed by atoms with Gasteiger partial charge in [0.1, 0.15) is 0 Å². The molecule has 1 aliphatic heterocycles.